The maximum atomic E-state index is 12.1. The lowest BCUT2D eigenvalue weighted by molar-refractivity contribution is -0.132. The number of carbonyl (C=O) groups is 1. The van der Waals surface area contributed by atoms with E-state index < -0.39 is 31.2 Å². The van der Waals surface area contributed by atoms with Gasteiger partial charge in [-0.3, -0.25) is 0 Å². The van der Waals surface area contributed by atoms with E-state index in [-0.39, 0.29) is 0 Å². The standard InChI is InChI=1S/C21H23ClF3N3O3S/c1-13(28-19(29)26-9-8-21(23,24)25)2-6-16-11-27-20(32-16)31-18-7-5-15(10-17(18)22)30-12-14-3-4-14/h2,5-7,10-11,13-14H,3-4,8-9,12H2,1H3,(H2,26,28,29)/t13-/m0/s1. The Morgan fingerprint density at radius 3 is 2.88 bits per heavy atom. The van der Waals surface area contributed by atoms with Gasteiger partial charge in [-0.1, -0.05) is 29.0 Å². The molecule has 0 spiro atoms. The van der Waals surface area contributed by atoms with E-state index in [1.165, 1.54) is 24.2 Å². The topological polar surface area (TPSA) is 72.5 Å². The molecule has 32 heavy (non-hydrogen) atoms. The monoisotopic (exact) mass is 489 g/mol. The van der Waals surface area contributed by atoms with Gasteiger partial charge in [0, 0.05) is 24.8 Å². The Balaban J connectivity index is 1.45. The highest BCUT2D eigenvalue weighted by Gasteiger charge is 2.26. The molecule has 2 N–H and O–H groups in total. The van der Waals surface area contributed by atoms with Crippen molar-refractivity contribution in [1.29, 1.82) is 0 Å². The van der Waals surface area contributed by atoms with Crippen LogP contribution in [0.2, 0.25) is 5.02 Å². The number of benzene rings is 1. The summed E-state index contributed by atoms with van der Waals surface area (Å²) in [6, 6.07) is 4.17. The third-order valence-electron chi connectivity index (χ3n) is 4.39. The average molecular weight is 490 g/mol. The highest BCUT2D eigenvalue weighted by Crippen LogP contribution is 2.35. The van der Waals surface area contributed by atoms with E-state index in [0.29, 0.717) is 34.2 Å². The van der Waals surface area contributed by atoms with E-state index in [2.05, 4.69) is 15.6 Å². The number of alkyl halides is 3. The Morgan fingerprint density at radius 1 is 1.41 bits per heavy atom. The first kappa shape index (κ1) is 24.2. The van der Waals surface area contributed by atoms with Gasteiger partial charge in [0.15, 0.2) is 0 Å². The number of amides is 2. The van der Waals surface area contributed by atoms with Crippen molar-refractivity contribution in [2.75, 3.05) is 13.2 Å². The number of aromatic nitrogens is 1. The van der Waals surface area contributed by atoms with Crippen molar-refractivity contribution in [3.63, 3.8) is 0 Å². The number of halogens is 4. The Hall–Kier alpha value is -2.46. The van der Waals surface area contributed by atoms with Gasteiger partial charge in [0.1, 0.15) is 11.5 Å². The van der Waals surface area contributed by atoms with Gasteiger partial charge in [0.2, 0.25) is 0 Å². The molecular weight excluding hydrogens is 467 g/mol. The summed E-state index contributed by atoms with van der Waals surface area (Å²) in [5, 5.41) is 5.52. The maximum absolute atomic E-state index is 12.1. The first-order valence-electron chi connectivity index (χ1n) is 10.0. The fraction of sp³-hybridized carbons (Fsp3) is 0.429. The van der Waals surface area contributed by atoms with Gasteiger partial charge in [-0.25, -0.2) is 9.78 Å². The molecule has 174 valence electrons. The second kappa shape index (κ2) is 10.9. The van der Waals surface area contributed by atoms with Gasteiger partial charge in [-0.15, -0.1) is 0 Å². The highest BCUT2D eigenvalue weighted by molar-refractivity contribution is 7.14. The van der Waals surface area contributed by atoms with E-state index >= 15 is 0 Å². The quantitative estimate of drug-likeness (QED) is 0.427. The predicted octanol–water partition coefficient (Wildman–Crippen LogP) is 6.03. The summed E-state index contributed by atoms with van der Waals surface area (Å²) in [6.07, 6.45) is 2.07. The van der Waals surface area contributed by atoms with Crippen LogP contribution in [-0.4, -0.2) is 36.4 Å². The molecule has 1 aromatic heterocycles. The molecule has 1 heterocycles. The highest BCUT2D eigenvalue weighted by atomic mass is 35.5. The third-order valence-corrected chi connectivity index (χ3v) is 5.52. The summed E-state index contributed by atoms with van der Waals surface area (Å²) in [7, 11) is 0. The summed E-state index contributed by atoms with van der Waals surface area (Å²) < 4.78 is 47.7. The van der Waals surface area contributed by atoms with Gasteiger partial charge in [0.05, 0.1) is 22.9 Å². The Morgan fingerprint density at radius 2 is 2.19 bits per heavy atom. The SMILES string of the molecule is C[C@@H](C=Cc1cnc(Oc2ccc(OCC3CC3)cc2Cl)s1)NC(=O)NCCC(F)(F)F. The van der Waals surface area contributed by atoms with Crippen molar-refractivity contribution in [2.45, 2.75) is 38.4 Å². The summed E-state index contributed by atoms with van der Waals surface area (Å²) in [5.74, 6) is 1.80. The number of nitrogens with one attached hydrogen (secondary N) is 2. The van der Waals surface area contributed by atoms with Gasteiger partial charge >= 0.3 is 12.2 Å². The van der Waals surface area contributed by atoms with Crippen molar-refractivity contribution in [3.8, 4) is 16.7 Å². The molecule has 1 fully saturated rings. The molecule has 0 aliphatic heterocycles. The Bertz CT molecular complexity index is 948. The molecule has 0 bridgehead atoms. The molecule has 3 rings (SSSR count). The van der Waals surface area contributed by atoms with E-state index in [1.807, 2.05) is 0 Å². The van der Waals surface area contributed by atoms with E-state index in [1.54, 1.807) is 43.5 Å². The molecule has 0 saturated heterocycles. The molecule has 11 heteroatoms. The van der Waals surface area contributed by atoms with Gasteiger partial charge < -0.3 is 20.1 Å². The second-order valence-electron chi connectivity index (χ2n) is 7.39. The third kappa shape index (κ3) is 8.58. The minimum absolute atomic E-state index is 0.392. The molecule has 6 nitrogen and oxygen atoms in total. The number of rotatable bonds is 10. The lowest BCUT2D eigenvalue weighted by Crippen LogP contribution is -2.41. The van der Waals surface area contributed by atoms with E-state index in [4.69, 9.17) is 21.1 Å². The fourth-order valence-corrected chi connectivity index (χ4v) is 3.40. The molecule has 1 aromatic carbocycles. The van der Waals surface area contributed by atoms with Crippen LogP contribution in [0.4, 0.5) is 18.0 Å². The molecule has 2 aromatic rings. The number of hydrogen-bond donors (Lipinski definition) is 2. The molecule has 1 aliphatic rings. The summed E-state index contributed by atoms with van der Waals surface area (Å²) in [4.78, 5) is 16.6. The van der Waals surface area contributed by atoms with Crippen molar-refractivity contribution >= 4 is 35.0 Å². The van der Waals surface area contributed by atoms with Crippen LogP contribution in [-0.2, 0) is 0 Å². The van der Waals surface area contributed by atoms with Crippen LogP contribution in [0.15, 0.2) is 30.5 Å². The molecule has 1 aliphatic carbocycles. The van der Waals surface area contributed by atoms with Crippen LogP contribution in [0.1, 0.15) is 31.1 Å². The van der Waals surface area contributed by atoms with Crippen molar-refractivity contribution < 1.29 is 27.4 Å². The maximum Gasteiger partial charge on any atom is 0.390 e. The van der Waals surface area contributed by atoms with Crippen molar-refractivity contribution in [1.82, 2.24) is 15.6 Å². The van der Waals surface area contributed by atoms with Gasteiger partial charge in [0.25, 0.3) is 5.19 Å². The molecule has 1 saturated carbocycles. The molecule has 1 atom stereocenters. The summed E-state index contributed by atoms with van der Waals surface area (Å²) in [5.41, 5.74) is 0. The van der Waals surface area contributed by atoms with Crippen molar-refractivity contribution in [2.24, 2.45) is 5.92 Å². The number of thiazole rings is 1. The van der Waals surface area contributed by atoms with E-state index in [9.17, 15) is 18.0 Å². The lowest BCUT2D eigenvalue weighted by Gasteiger charge is -2.12. The van der Waals surface area contributed by atoms with Crippen LogP contribution < -0.4 is 20.1 Å². The first-order valence-corrected chi connectivity index (χ1v) is 11.2. The zero-order valence-electron chi connectivity index (χ0n) is 17.2. The lowest BCUT2D eigenvalue weighted by atomic mass is 10.3. The summed E-state index contributed by atoms with van der Waals surface area (Å²) in [6.45, 7) is 1.92. The zero-order valence-corrected chi connectivity index (χ0v) is 18.8. The van der Waals surface area contributed by atoms with Crippen LogP contribution in [0.3, 0.4) is 0 Å². The van der Waals surface area contributed by atoms with Crippen LogP contribution in [0.25, 0.3) is 6.08 Å². The Labute approximate surface area is 192 Å². The molecule has 0 radical (unpaired) electrons. The molecule has 2 amide bonds. The minimum Gasteiger partial charge on any atom is -0.493 e. The summed E-state index contributed by atoms with van der Waals surface area (Å²) >= 11 is 7.56. The van der Waals surface area contributed by atoms with Gasteiger partial charge in [-0.2, -0.15) is 13.2 Å². The number of carbonyl (C=O) groups excluding carboxylic acids is 1. The molecule has 0 unspecified atom stereocenters. The second-order valence-corrected chi connectivity index (χ2v) is 8.82. The van der Waals surface area contributed by atoms with Crippen LogP contribution >= 0.6 is 22.9 Å². The predicted molar refractivity (Wildman–Crippen MR) is 118 cm³/mol. The number of hydrogen-bond acceptors (Lipinski definition) is 5. The minimum atomic E-state index is -4.30. The number of nitrogens with zero attached hydrogens (tertiary/aromatic N) is 1. The Kier molecular flexibility index (Phi) is 8.25. The number of ether oxygens (including phenoxy) is 2. The largest absolute Gasteiger partial charge is 0.493 e. The zero-order chi connectivity index (χ0) is 23.1. The van der Waals surface area contributed by atoms with Crippen molar-refractivity contribution in [3.05, 3.63) is 40.4 Å². The molecular formula is C21H23ClF3N3O3S. The van der Waals surface area contributed by atoms with Gasteiger partial charge in [-0.05, 0) is 43.9 Å². The average Bonchev–Trinajstić information content (AvgIpc) is 3.43. The normalized spacial score (nSPS) is 14.9. The van der Waals surface area contributed by atoms with Crippen LogP contribution in [0.5, 0.6) is 16.7 Å². The number of urea groups is 1. The van der Waals surface area contributed by atoms with Crippen LogP contribution in [0, 0.1) is 5.92 Å². The smallest absolute Gasteiger partial charge is 0.390 e. The fourth-order valence-electron chi connectivity index (χ4n) is 2.50. The van der Waals surface area contributed by atoms with E-state index in [0.717, 1.165) is 4.88 Å². The first-order chi connectivity index (χ1) is 15.2.